The molecule has 0 bridgehead atoms. The van der Waals surface area contributed by atoms with E-state index in [9.17, 15) is 4.79 Å². The number of aldehydes is 1. The first-order valence-corrected chi connectivity index (χ1v) is 3.88. The summed E-state index contributed by atoms with van der Waals surface area (Å²) < 4.78 is 0. The summed E-state index contributed by atoms with van der Waals surface area (Å²) in [5, 5.41) is 0. The highest BCUT2D eigenvalue weighted by molar-refractivity contribution is 5.63. The molecule has 62 valence electrons. The first kappa shape index (κ1) is 10.2. The molecule has 0 aliphatic rings. The zero-order valence-electron chi connectivity index (χ0n) is 7.72. The van der Waals surface area contributed by atoms with Crippen molar-refractivity contribution in [2.24, 2.45) is 5.92 Å². The standard InChI is InChI=1S/C10H16O/c1-5-8(3)10(7-11)9(4)6-2/h5-7,10H,1-4H3/b8-5+,9-6+. The van der Waals surface area contributed by atoms with Crippen LogP contribution in [0.1, 0.15) is 27.7 Å². The molecule has 0 rings (SSSR count). The number of rotatable bonds is 3. The second-order valence-electron chi connectivity index (χ2n) is 2.68. The summed E-state index contributed by atoms with van der Waals surface area (Å²) in [4.78, 5) is 10.6. The Labute approximate surface area is 68.8 Å². The molecule has 0 aromatic carbocycles. The molecule has 0 radical (unpaired) electrons. The van der Waals surface area contributed by atoms with Crippen LogP contribution in [0.4, 0.5) is 0 Å². The number of carbonyl (C=O) groups is 1. The molecule has 1 nitrogen and oxygen atoms in total. The van der Waals surface area contributed by atoms with Gasteiger partial charge in [0.15, 0.2) is 0 Å². The van der Waals surface area contributed by atoms with E-state index in [1.807, 2.05) is 39.8 Å². The molecular formula is C10H16O. The van der Waals surface area contributed by atoms with Crippen LogP contribution in [0.5, 0.6) is 0 Å². The van der Waals surface area contributed by atoms with Gasteiger partial charge < -0.3 is 4.79 Å². The lowest BCUT2D eigenvalue weighted by Gasteiger charge is -2.10. The Balaban J connectivity index is 4.54. The van der Waals surface area contributed by atoms with Crippen LogP contribution in [0.3, 0.4) is 0 Å². The van der Waals surface area contributed by atoms with Crippen molar-refractivity contribution in [1.29, 1.82) is 0 Å². The van der Waals surface area contributed by atoms with Gasteiger partial charge in [-0.05, 0) is 27.7 Å². The summed E-state index contributed by atoms with van der Waals surface area (Å²) in [5.41, 5.74) is 2.24. The fourth-order valence-electron chi connectivity index (χ4n) is 0.933. The summed E-state index contributed by atoms with van der Waals surface area (Å²) in [6.07, 6.45) is 4.95. The fraction of sp³-hybridized carbons (Fsp3) is 0.500. The van der Waals surface area contributed by atoms with Gasteiger partial charge >= 0.3 is 0 Å². The normalized spacial score (nSPS) is 16.4. The largest absolute Gasteiger partial charge is 0.302 e. The lowest BCUT2D eigenvalue weighted by molar-refractivity contribution is -0.109. The minimum Gasteiger partial charge on any atom is -0.302 e. The Bertz CT molecular complexity index is 169. The second kappa shape index (κ2) is 4.89. The van der Waals surface area contributed by atoms with Crippen LogP contribution >= 0.6 is 0 Å². The molecule has 0 unspecified atom stereocenters. The first-order valence-electron chi connectivity index (χ1n) is 3.88. The minimum absolute atomic E-state index is 0.00926. The van der Waals surface area contributed by atoms with E-state index >= 15 is 0 Å². The molecule has 0 fully saturated rings. The van der Waals surface area contributed by atoms with Crippen molar-refractivity contribution in [3.8, 4) is 0 Å². The summed E-state index contributed by atoms with van der Waals surface area (Å²) in [7, 11) is 0. The Hall–Kier alpha value is -0.850. The zero-order chi connectivity index (χ0) is 8.85. The van der Waals surface area contributed by atoms with Crippen LogP contribution in [-0.2, 0) is 4.79 Å². The molecule has 1 heteroatoms. The van der Waals surface area contributed by atoms with Gasteiger partial charge in [0.1, 0.15) is 6.29 Å². The van der Waals surface area contributed by atoms with E-state index in [2.05, 4.69) is 0 Å². The van der Waals surface area contributed by atoms with E-state index in [4.69, 9.17) is 0 Å². The van der Waals surface area contributed by atoms with Crippen molar-refractivity contribution in [2.75, 3.05) is 0 Å². The second-order valence-corrected chi connectivity index (χ2v) is 2.68. The van der Waals surface area contributed by atoms with Crippen LogP contribution in [0.25, 0.3) is 0 Å². The van der Waals surface area contributed by atoms with E-state index in [1.165, 1.54) is 0 Å². The van der Waals surface area contributed by atoms with Gasteiger partial charge in [-0.3, -0.25) is 0 Å². The maximum absolute atomic E-state index is 10.6. The Kier molecular flexibility index (Phi) is 4.51. The summed E-state index contributed by atoms with van der Waals surface area (Å²) in [5.74, 6) is -0.00926. The predicted octanol–water partition coefficient (Wildman–Crippen LogP) is 2.73. The van der Waals surface area contributed by atoms with Gasteiger partial charge in [0.25, 0.3) is 0 Å². The highest BCUT2D eigenvalue weighted by Crippen LogP contribution is 2.16. The molecule has 0 aromatic rings. The van der Waals surface area contributed by atoms with Crippen LogP contribution in [0.15, 0.2) is 23.3 Å². The van der Waals surface area contributed by atoms with Gasteiger partial charge in [0.2, 0.25) is 0 Å². The lowest BCUT2D eigenvalue weighted by atomic mass is 9.94. The lowest BCUT2D eigenvalue weighted by Crippen LogP contribution is -2.04. The highest BCUT2D eigenvalue weighted by Gasteiger charge is 2.09. The molecule has 0 spiro atoms. The van der Waals surface area contributed by atoms with Crippen molar-refractivity contribution in [2.45, 2.75) is 27.7 Å². The smallest absolute Gasteiger partial charge is 0.131 e. The van der Waals surface area contributed by atoms with Crippen molar-refractivity contribution >= 4 is 6.29 Å². The molecule has 0 heterocycles. The van der Waals surface area contributed by atoms with Crippen molar-refractivity contribution in [3.05, 3.63) is 23.3 Å². The third-order valence-electron chi connectivity index (χ3n) is 2.03. The molecular weight excluding hydrogens is 136 g/mol. The molecule has 0 saturated heterocycles. The highest BCUT2D eigenvalue weighted by atomic mass is 16.1. The van der Waals surface area contributed by atoms with Gasteiger partial charge in [-0.2, -0.15) is 0 Å². The molecule has 0 amide bonds. The predicted molar refractivity (Wildman–Crippen MR) is 48.4 cm³/mol. The first-order chi connectivity index (χ1) is 5.17. The quantitative estimate of drug-likeness (QED) is 0.449. The molecule has 0 atom stereocenters. The van der Waals surface area contributed by atoms with E-state index in [0.717, 1.165) is 17.4 Å². The molecule has 0 aliphatic carbocycles. The van der Waals surface area contributed by atoms with Gasteiger partial charge in [0.05, 0.1) is 5.92 Å². The van der Waals surface area contributed by atoms with Crippen molar-refractivity contribution < 1.29 is 4.79 Å². The van der Waals surface area contributed by atoms with E-state index in [-0.39, 0.29) is 5.92 Å². The Morgan fingerprint density at radius 1 is 1.09 bits per heavy atom. The molecule has 0 saturated carbocycles. The maximum atomic E-state index is 10.6. The average Bonchev–Trinajstić information content (AvgIpc) is 2.05. The SMILES string of the molecule is C/C=C(\C)C(C=O)/C(C)=C/C. The number of carbonyl (C=O) groups excluding carboxylic acids is 1. The van der Waals surface area contributed by atoms with Gasteiger partial charge in [-0.25, -0.2) is 0 Å². The Morgan fingerprint density at radius 3 is 1.64 bits per heavy atom. The van der Waals surface area contributed by atoms with Crippen molar-refractivity contribution in [3.63, 3.8) is 0 Å². The topological polar surface area (TPSA) is 17.1 Å². The average molecular weight is 152 g/mol. The zero-order valence-corrected chi connectivity index (χ0v) is 7.72. The molecule has 0 aliphatic heterocycles. The van der Waals surface area contributed by atoms with Crippen LogP contribution < -0.4 is 0 Å². The van der Waals surface area contributed by atoms with Gasteiger partial charge in [0, 0.05) is 0 Å². The van der Waals surface area contributed by atoms with Crippen LogP contribution in [0, 0.1) is 5.92 Å². The van der Waals surface area contributed by atoms with Crippen molar-refractivity contribution in [1.82, 2.24) is 0 Å². The monoisotopic (exact) mass is 152 g/mol. The third-order valence-corrected chi connectivity index (χ3v) is 2.03. The molecule has 0 aromatic heterocycles. The van der Waals surface area contributed by atoms with E-state index < -0.39 is 0 Å². The van der Waals surface area contributed by atoms with Crippen LogP contribution in [0.2, 0.25) is 0 Å². The Morgan fingerprint density at radius 2 is 1.45 bits per heavy atom. The number of hydrogen-bond acceptors (Lipinski definition) is 1. The summed E-state index contributed by atoms with van der Waals surface area (Å²) in [6, 6.07) is 0. The molecule has 0 N–H and O–H groups in total. The van der Waals surface area contributed by atoms with Crippen LogP contribution in [-0.4, -0.2) is 6.29 Å². The summed E-state index contributed by atoms with van der Waals surface area (Å²) >= 11 is 0. The van der Waals surface area contributed by atoms with Gasteiger partial charge in [-0.15, -0.1) is 0 Å². The number of hydrogen-bond donors (Lipinski definition) is 0. The van der Waals surface area contributed by atoms with E-state index in [0.29, 0.717) is 0 Å². The number of allylic oxidation sites excluding steroid dienone is 4. The minimum atomic E-state index is -0.00926. The van der Waals surface area contributed by atoms with E-state index in [1.54, 1.807) is 0 Å². The van der Waals surface area contributed by atoms with Gasteiger partial charge in [-0.1, -0.05) is 23.3 Å². The fourth-order valence-corrected chi connectivity index (χ4v) is 0.933. The third kappa shape index (κ3) is 2.71. The maximum Gasteiger partial charge on any atom is 0.131 e. The summed E-state index contributed by atoms with van der Waals surface area (Å²) in [6.45, 7) is 7.86. The molecule has 11 heavy (non-hydrogen) atoms.